The molecule has 0 spiro atoms. The highest BCUT2D eigenvalue weighted by molar-refractivity contribution is 5.89. The first-order valence-electron chi connectivity index (χ1n) is 12.3. The smallest absolute Gasteiger partial charge is 0.337 e. The Bertz CT molecular complexity index is 1380. The molecule has 1 fully saturated rings. The molecule has 220 valence electrons. The summed E-state index contributed by atoms with van der Waals surface area (Å²) < 4.78 is 58.1. The Morgan fingerprint density at radius 1 is 1.15 bits per heavy atom. The highest BCUT2D eigenvalue weighted by Gasteiger charge is 2.50. The number of benzene rings is 2. The zero-order valence-corrected chi connectivity index (χ0v) is 21.8. The molecular formula is C26H27F3N4O8. The minimum absolute atomic E-state index is 0.115. The number of rotatable bonds is 9. The molecule has 2 heterocycles. The second kappa shape index (κ2) is 12.7. The van der Waals surface area contributed by atoms with Crippen molar-refractivity contribution in [2.24, 2.45) is 0 Å². The number of hydrogen-bond acceptors (Lipinski definition) is 10. The molecule has 15 heteroatoms. The number of aromatic nitrogens is 3. The Balaban J connectivity index is 1.62. The summed E-state index contributed by atoms with van der Waals surface area (Å²) in [5.41, 5.74) is 0.447. The first kappa shape index (κ1) is 30.1. The third kappa shape index (κ3) is 6.23. The third-order valence-corrected chi connectivity index (χ3v) is 6.61. The van der Waals surface area contributed by atoms with Gasteiger partial charge in [-0.3, -0.25) is 4.79 Å². The molecule has 0 aliphatic carbocycles. The van der Waals surface area contributed by atoms with E-state index in [0.29, 0.717) is 17.7 Å². The minimum atomic E-state index is -1.69. The molecule has 0 saturated carbocycles. The number of carbonyl (C=O) groups excluding carboxylic acids is 2. The van der Waals surface area contributed by atoms with E-state index in [-0.39, 0.29) is 23.4 Å². The van der Waals surface area contributed by atoms with Gasteiger partial charge in [0.05, 0.1) is 32.1 Å². The van der Waals surface area contributed by atoms with E-state index < -0.39 is 72.5 Å². The number of methoxy groups -OCH3 is 1. The summed E-state index contributed by atoms with van der Waals surface area (Å²) in [6.07, 6.45) is -6.38. The topological polar surface area (TPSA) is 165 Å². The summed E-state index contributed by atoms with van der Waals surface area (Å²) in [7, 11) is 2.55. The quantitative estimate of drug-likeness (QED) is 0.207. The Labute approximate surface area is 231 Å². The van der Waals surface area contributed by atoms with E-state index in [1.807, 2.05) is 0 Å². The fourth-order valence-electron chi connectivity index (χ4n) is 4.51. The Morgan fingerprint density at radius 2 is 1.85 bits per heavy atom. The summed E-state index contributed by atoms with van der Waals surface area (Å²) in [6, 6.07) is 6.26. The summed E-state index contributed by atoms with van der Waals surface area (Å²) >= 11 is 0. The zero-order chi connectivity index (χ0) is 29.8. The van der Waals surface area contributed by atoms with Gasteiger partial charge >= 0.3 is 5.97 Å². The van der Waals surface area contributed by atoms with Crippen molar-refractivity contribution in [3.05, 3.63) is 71.2 Å². The third-order valence-electron chi connectivity index (χ3n) is 6.61. The Hall–Kier alpha value is -3.89. The standard InChI is InChI=1S/C26H27F3N4O8/c1-30-25(37)24(40-11-12-4-3-5-13(6-12)26(38)39-2)23-22(36)20(21(35)18(10-34)41-23)33-9-17(31-32-33)14-7-15(27)19(29)16(28)8-14/h3-9,18,20-24,34-36H,10-11H2,1-2H3,(H,30,37)/t18?,20?,21-,22?,23+,24-/m0/s1. The fourth-order valence-corrected chi connectivity index (χ4v) is 4.51. The fraction of sp³-hybridized carbons (Fsp3) is 0.385. The molecule has 3 unspecified atom stereocenters. The van der Waals surface area contributed by atoms with Gasteiger partial charge in [0.1, 0.15) is 36.2 Å². The van der Waals surface area contributed by atoms with Gasteiger partial charge in [0, 0.05) is 12.6 Å². The summed E-state index contributed by atoms with van der Waals surface area (Å²) in [5, 5.41) is 42.1. The van der Waals surface area contributed by atoms with Crippen molar-refractivity contribution < 1.29 is 52.3 Å². The zero-order valence-electron chi connectivity index (χ0n) is 21.8. The average Bonchev–Trinajstić information content (AvgIpc) is 3.46. The van der Waals surface area contributed by atoms with Crippen LogP contribution in [0.1, 0.15) is 22.0 Å². The number of likely N-dealkylation sites (N-methyl/N-ethyl adjacent to an activating group) is 1. The van der Waals surface area contributed by atoms with Crippen LogP contribution in [0.4, 0.5) is 13.2 Å². The van der Waals surface area contributed by atoms with Crippen LogP contribution in [0, 0.1) is 17.5 Å². The van der Waals surface area contributed by atoms with Crippen LogP contribution in [0.5, 0.6) is 0 Å². The van der Waals surface area contributed by atoms with Crippen LogP contribution < -0.4 is 5.32 Å². The lowest BCUT2D eigenvalue weighted by molar-refractivity contribution is -0.234. The molecule has 41 heavy (non-hydrogen) atoms. The van der Waals surface area contributed by atoms with E-state index in [9.17, 15) is 38.1 Å². The largest absolute Gasteiger partial charge is 0.465 e. The van der Waals surface area contributed by atoms with Crippen LogP contribution in [-0.4, -0.2) is 93.5 Å². The molecule has 1 aromatic heterocycles. The van der Waals surface area contributed by atoms with Crippen molar-refractivity contribution in [2.45, 2.75) is 43.2 Å². The van der Waals surface area contributed by atoms with Crippen LogP contribution in [0.2, 0.25) is 0 Å². The molecule has 1 saturated heterocycles. The Kier molecular flexibility index (Phi) is 9.35. The monoisotopic (exact) mass is 580 g/mol. The van der Waals surface area contributed by atoms with Crippen molar-refractivity contribution in [1.29, 1.82) is 0 Å². The molecule has 1 amide bonds. The van der Waals surface area contributed by atoms with Gasteiger partial charge in [-0.2, -0.15) is 0 Å². The van der Waals surface area contributed by atoms with Crippen LogP contribution in [0.15, 0.2) is 42.6 Å². The number of ether oxygens (including phenoxy) is 3. The highest BCUT2D eigenvalue weighted by Crippen LogP contribution is 2.33. The van der Waals surface area contributed by atoms with E-state index in [1.165, 1.54) is 26.3 Å². The maximum atomic E-state index is 13.8. The minimum Gasteiger partial charge on any atom is -0.465 e. The van der Waals surface area contributed by atoms with Crippen molar-refractivity contribution in [2.75, 3.05) is 20.8 Å². The normalized spacial score (nSPS) is 23.2. The molecule has 2 aromatic carbocycles. The second-order valence-electron chi connectivity index (χ2n) is 9.17. The van der Waals surface area contributed by atoms with E-state index in [4.69, 9.17) is 14.2 Å². The molecule has 12 nitrogen and oxygen atoms in total. The van der Waals surface area contributed by atoms with Crippen LogP contribution in [0.3, 0.4) is 0 Å². The molecule has 3 aromatic rings. The van der Waals surface area contributed by atoms with E-state index in [0.717, 1.165) is 10.9 Å². The van der Waals surface area contributed by atoms with Crippen molar-refractivity contribution in [1.82, 2.24) is 20.3 Å². The number of nitrogens with one attached hydrogen (secondary N) is 1. The molecule has 0 bridgehead atoms. The van der Waals surface area contributed by atoms with Gasteiger partial charge < -0.3 is 34.8 Å². The number of nitrogens with zero attached hydrogens (tertiary/aromatic N) is 3. The highest BCUT2D eigenvalue weighted by atomic mass is 19.2. The molecule has 0 radical (unpaired) electrons. The molecule has 4 rings (SSSR count). The number of carbonyl (C=O) groups is 2. The van der Waals surface area contributed by atoms with Gasteiger partial charge in [0.25, 0.3) is 5.91 Å². The maximum absolute atomic E-state index is 13.8. The maximum Gasteiger partial charge on any atom is 0.337 e. The van der Waals surface area contributed by atoms with Crippen LogP contribution in [-0.2, 0) is 25.6 Å². The van der Waals surface area contributed by atoms with Gasteiger partial charge in [0.2, 0.25) is 0 Å². The lowest BCUT2D eigenvalue weighted by Crippen LogP contribution is -2.61. The van der Waals surface area contributed by atoms with Crippen LogP contribution >= 0.6 is 0 Å². The number of aliphatic hydroxyl groups excluding tert-OH is 3. The molecule has 1 aliphatic heterocycles. The molecule has 4 N–H and O–H groups in total. The SMILES string of the molecule is CNC(=O)[C@@H](OCc1cccc(C(=O)OC)c1)[C@@H]1OC(CO)[C@H](O)C(n2cc(-c3cc(F)c(F)c(F)c3)nn2)C1O. The first-order chi connectivity index (χ1) is 19.6. The number of amides is 1. The van der Waals surface area contributed by atoms with Gasteiger partial charge in [-0.25, -0.2) is 22.6 Å². The molecular weight excluding hydrogens is 553 g/mol. The van der Waals surface area contributed by atoms with Gasteiger partial charge in [-0.1, -0.05) is 17.3 Å². The van der Waals surface area contributed by atoms with E-state index >= 15 is 0 Å². The Morgan fingerprint density at radius 3 is 2.49 bits per heavy atom. The molecule has 6 atom stereocenters. The lowest BCUT2D eigenvalue weighted by Gasteiger charge is -2.44. The van der Waals surface area contributed by atoms with Crippen molar-refractivity contribution in [3.63, 3.8) is 0 Å². The summed E-state index contributed by atoms with van der Waals surface area (Å²) in [5.74, 6) is -5.86. The van der Waals surface area contributed by atoms with Gasteiger partial charge in [-0.15, -0.1) is 5.10 Å². The number of halogens is 3. The predicted molar refractivity (Wildman–Crippen MR) is 133 cm³/mol. The second-order valence-corrected chi connectivity index (χ2v) is 9.17. The number of hydrogen-bond donors (Lipinski definition) is 4. The van der Waals surface area contributed by atoms with Crippen molar-refractivity contribution in [3.8, 4) is 11.3 Å². The predicted octanol–water partition coefficient (Wildman–Crippen LogP) is 0.503. The lowest BCUT2D eigenvalue weighted by atomic mass is 9.89. The first-order valence-corrected chi connectivity index (χ1v) is 12.3. The van der Waals surface area contributed by atoms with Crippen molar-refractivity contribution >= 4 is 11.9 Å². The average molecular weight is 581 g/mol. The summed E-state index contributed by atoms with van der Waals surface area (Å²) in [6.45, 7) is -0.930. The summed E-state index contributed by atoms with van der Waals surface area (Å²) in [4.78, 5) is 24.7. The van der Waals surface area contributed by atoms with E-state index in [1.54, 1.807) is 12.1 Å². The number of aliphatic hydroxyl groups is 3. The van der Waals surface area contributed by atoms with Crippen LogP contribution in [0.25, 0.3) is 11.3 Å². The molecule has 1 aliphatic rings. The number of esters is 1. The van der Waals surface area contributed by atoms with E-state index in [2.05, 4.69) is 15.6 Å². The van der Waals surface area contributed by atoms with Gasteiger partial charge in [0.15, 0.2) is 23.6 Å². The van der Waals surface area contributed by atoms with Gasteiger partial charge in [-0.05, 0) is 29.8 Å².